The molecule has 3 aromatic rings. The second-order valence-electron chi connectivity index (χ2n) is 8.15. The van der Waals surface area contributed by atoms with Crippen molar-refractivity contribution in [3.05, 3.63) is 61.1 Å². The fraction of sp³-hybridized carbons (Fsp3) is 0.391. The van der Waals surface area contributed by atoms with Gasteiger partial charge in [-0.3, -0.25) is 4.79 Å². The molecule has 1 aromatic carbocycles. The van der Waals surface area contributed by atoms with Crippen LogP contribution in [0.15, 0.2) is 34.3 Å². The number of methoxy groups -OCH3 is 2. The Hall–Kier alpha value is -3.29. The van der Waals surface area contributed by atoms with Crippen molar-refractivity contribution >= 4 is 28.2 Å². The second-order valence-corrected chi connectivity index (χ2v) is 9.28. The average Bonchev–Trinajstić information content (AvgIpc) is 3.56. The van der Waals surface area contributed by atoms with Crippen LogP contribution in [-0.2, 0) is 11.2 Å². The van der Waals surface area contributed by atoms with Gasteiger partial charge in [-0.2, -0.15) is 0 Å². The van der Waals surface area contributed by atoms with Gasteiger partial charge in [0.1, 0.15) is 5.56 Å². The number of aryl methyl sites for hydroxylation is 1. The van der Waals surface area contributed by atoms with Crippen molar-refractivity contribution in [3.63, 3.8) is 0 Å². The number of esters is 1. The minimum absolute atomic E-state index is 0.0329. The van der Waals surface area contributed by atoms with Crippen molar-refractivity contribution < 1.29 is 14.3 Å². The first-order chi connectivity index (χ1) is 15.6. The number of hydrogen-bond acceptors (Lipinski definition) is 6. The van der Waals surface area contributed by atoms with Crippen molar-refractivity contribution in [1.82, 2.24) is 4.57 Å². The summed E-state index contributed by atoms with van der Waals surface area (Å²) < 4.78 is 12.7. The zero-order chi connectivity index (χ0) is 22.4. The predicted molar refractivity (Wildman–Crippen MR) is 123 cm³/mol. The van der Waals surface area contributed by atoms with Crippen LogP contribution in [0.4, 0.5) is 0 Å². The summed E-state index contributed by atoms with van der Waals surface area (Å²) in [5.41, 5.74) is 11.3. The number of benzene rings is 1. The monoisotopic (exact) mass is 450 g/mol. The first kappa shape index (κ1) is 20.6. The molecule has 1 atom stereocenters. The van der Waals surface area contributed by atoms with Gasteiger partial charge in [0.25, 0.3) is 0 Å². The lowest BCUT2D eigenvalue weighted by Gasteiger charge is -2.17. The molecule has 0 spiro atoms. The lowest BCUT2D eigenvalue weighted by Crippen LogP contribution is -2.20. The van der Waals surface area contributed by atoms with Crippen LogP contribution in [0.5, 0.6) is 5.75 Å². The smallest absolute Gasteiger partial charge is 0.343 e. The Morgan fingerprint density at radius 2 is 2.09 bits per heavy atom. The molecule has 32 heavy (non-hydrogen) atoms. The van der Waals surface area contributed by atoms with E-state index in [9.17, 15) is 9.59 Å². The highest BCUT2D eigenvalue weighted by molar-refractivity contribution is 7.15. The Labute approximate surface area is 188 Å². The Balaban J connectivity index is 1.75. The zero-order valence-corrected chi connectivity index (χ0v) is 18.6. The van der Waals surface area contributed by atoms with Crippen molar-refractivity contribution in [2.45, 2.75) is 44.2 Å². The number of fused-ring (bicyclic) bond motifs is 2. The summed E-state index contributed by atoms with van der Waals surface area (Å²) in [6, 6.07) is 5.81. The zero-order valence-electron chi connectivity index (χ0n) is 17.8. The number of aromatic nitrogens is 1. The Morgan fingerprint density at radius 1 is 1.28 bits per heavy atom. The van der Waals surface area contributed by atoms with Gasteiger partial charge in [0.05, 0.1) is 31.2 Å². The van der Waals surface area contributed by atoms with Gasteiger partial charge < -0.3 is 14.0 Å². The van der Waals surface area contributed by atoms with E-state index in [0.29, 0.717) is 16.7 Å². The van der Waals surface area contributed by atoms with E-state index in [0.717, 1.165) is 48.1 Å². The molecular weight excluding hydrogens is 428 g/mol. The molecule has 9 heteroatoms. The van der Waals surface area contributed by atoms with Crippen LogP contribution < -0.4 is 10.2 Å². The maximum Gasteiger partial charge on any atom is 0.343 e. The standard InChI is InChI=1S/C23H22N4O4S/c1-30-22-13(19-10-15-17(25-26-24)4-3-5-18(15)32-19)8-9-14-20(22)27(12-6-7-12)11-16(21(14)28)23(29)31-2/h8-12,17H,3-7H2,1-2H3. The summed E-state index contributed by atoms with van der Waals surface area (Å²) in [5.74, 6) is -0.0220. The topological polar surface area (TPSA) is 106 Å². The van der Waals surface area contributed by atoms with Crippen LogP contribution in [0.2, 0.25) is 0 Å². The van der Waals surface area contributed by atoms with Crippen LogP contribution in [0, 0.1) is 0 Å². The first-order valence-corrected chi connectivity index (χ1v) is 11.4. The van der Waals surface area contributed by atoms with Crippen molar-refractivity contribution in [3.8, 4) is 16.2 Å². The van der Waals surface area contributed by atoms with E-state index in [4.69, 9.17) is 15.0 Å². The molecule has 0 bridgehead atoms. The SMILES string of the molecule is COC(=O)c1cn(C2CC2)c2c(OC)c(-c3cc4c(s3)CCCC4N=[N+]=[N-])ccc2c1=O. The highest BCUT2D eigenvalue weighted by Gasteiger charge is 2.30. The lowest BCUT2D eigenvalue weighted by atomic mass is 9.94. The Kier molecular flexibility index (Phi) is 5.15. The lowest BCUT2D eigenvalue weighted by molar-refractivity contribution is 0.0598. The van der Waals surface area contributed by atoms with Gasteiger partial charge in [-0.1, -0.05) is 5.11 Å². The highest BCUT2D eigenvalue weighted by atomic mass is 32.1. The van der Waals surface area contributed by atoms with Crippen LogP contribution in [0.1, 0.15) is 58.6 Å². The number of hydrogen-bond donors (Lipinski definition) is 0. The van der Waals surface area contributed by atoms with E-state index in [1.165, 1.54) is 12.0 Å². The third-order valence-corrected chi connectivity index (χ3v) is 7.48. The number of pyridine rings is 1. The Bertz CT molecular complexity index is 1350. The number of carbonyl (C=O) groups is 1. The number of azide groups is 1. The van der Waals surface area contributed by atoms with Gasteiger partial charge in [-0.25, -0.2) is 4.79 Å². The molecule has 0 N–H and O–H groups in total. The number of rotatable bonds is 5. The molecule has 2 heterocycles. The van der Waals surface area contributed by atoms with Crippen LogP contribution in [0.25, 0.3) is 31.8 Å². The van der Waals surface area contributed by atoms with E-state index in [1.807, 2.05) is 10.6 Å². The van der Waals surface area contributed by atoms with Gasteiger partial charge in [0.15, 0.2) is 5.75 Å². The summed E-state index contributed by atoms with van der Waals surface area (Å²) in [6.07, 6.45) is 6.36. The van der Waals surface area contributed by atoms with Gasteiger partial charge in [0.2, 0.25) is 5.43 Å². The summed E-state index contributed by atoms with van der Waals surface area (Å²) in [5, 5.41) is 4.42. The molecule has 1 saturated carbocycles. The number of carbonyl (C=O) groups excluding carboxylic acids is 1. The molecule has 2 aliphatic rings. The molecular formula is C23H22N4O4S. The minimum Gasteiger partial charge on any atom is -0.494 e. The number of nitrogens with zero attached hydrogens (tertiary/aromatic N) is 4. The molecule has 1 fully saturated rings. The van der Waals surface area contributed by atoms with E-state index >= 15 is 0 Å². The molecule has 0 saturated heterocycles. The van der Waals surface area contributed by atoms with Crippen LogP contribution in [-0.4, -0.2) is 24.8 Å². The van der Waals surface area contributed by atoms with E-state index in [1.54, 1.807) is 30.7 Å². The molecule has 5 rings (SSSR count). The minimum atomic E-state index is -0.635. The van der Waals surface area contributed by atoms with E-state index in [-0.39, 0.29) is 23.1 Å². The number of thiophene rings is 1. The third kappa shape index (κ3) is 3.25. The molecule has 8 nitrogen and oxygen atoms in total. The maximum absolute atomic E-state index is 13.1. The third-order valence-electron chi connectivity index (χ3n) is 6.24. The fourth-order valence-corrected chi connectivity index (χ4v) is 5.84. The number of ether oxygens (including phenoxy) is 2. The van der Waals surface area contributed by atoms with Gasteiger partial charge in [0, 0.05) is 32.5 Å². The fourth-order valence-electron chi connectivity index (χ4n) is 4.56. The van der Waals surface area contributed by atoms with Crippen molar-refractivity contribution in [2.24, 2.45) is 5.11 Å². The average molecular weight is 451 g/mol. The van der Waals surface area contributed by atoms with E-state index < -0.39 is 5.97 Å². The maximum atomic E-state index is 13.1. The van der Waals surface area contributed by atoms with Crippen LogP contribution in [0.3, 0.4) is 0 Å². The normalized spacial score (nSPS) is 17.5. The molecule has 2 aromatic heterocycles. The molecule has 164 valence electrons. The molecule has 0 radical (unpaired) electrons. The van der Waals surface area contributed by atoms with Gasteiger partial charge in [-0.05, 0) is 61.4 Å². The molecule has 2 aliphatic carbocycles. The summed E-state index contributed by atoms with van der Waals surface area (Å²) in [4.78, 5) is 30.6. The highest BCUT2D eigenvalue weighted by Crippen LogP contribution is 2.47. The van der Waals surface area contributed by atoms with Crippen molar-refractivity contribution in [1.29, 1.82) is 0 Å². The molecule has 1 unspecified atom stereocenters. The quantitative estimate of drug-likeness (QED) is 0.220. The second kappa shape index (κ2) is 8.00. The van der Waals surface area contributed by atoms with Gasteiger partial charge >= 0.3 is 5.97 Å². The molecule has 0 aliphatic heterocycles. The summed E-state index contributed by atoms with van der Waals surface area (Å²) in [6.45, 7) is 0. The van der Waals surface area contributed by atoms with Crippen molar-refractivity contribution in [2.75, 3.05) is 14.2 Å². The summed E-state index contributed by atoms with van der Waals surface area (Å²) >= 11 is 1.68. The van der Waals surface area contributed by atoms with Crippen LogP contribution >= 0.6 is 11.3 Å². The molecule has 0 amide bonds. The first-order valence-electron chi connectivity index (χ1n) is 10.6. The largest absolute Gasteiger partial charge is 0.494 e. The Morgan fingerprint density at radius 3 is 2.78 bits per heavy atom. The summed E-state index contributed by atoms with van der Waals surface area (Å²) in [7, 11) is 2.88. The van der Waals surface area contributed by atoms with E-state index in [2.05, 4.69) is 16.1 Å². The predicted octanol–water partition coefficient (Wildman–Crippen LogP) is 5.55. The van der Waals surface area contributed by atoms with Gasteiger partial charge in [-0.15, -0.1) is 11.3 Å².